The van der Waals surface area contributed by atoms with E-state index in [1.165, 1.54) is 19.3 Å². The summed E-state index contributed by atoms with van der Waals surface area (Å²) in [4.78, 5) is 11.2. The molecule has 0 bridgehead atoms. The fourth-order valence-electron chi connectivity index (χ4n) is 2.32. The molecule has 3 heteroatoms. The van der Waals surface area contributed by atoms with E-state index in [0.29, 0.717) is 17.5 Å². The molecule has 3 nitrogen and oxygen atoms in total. The molecule has 1 aromatic rings. The molecule has 2 rings (SSSR count). The predicted molar refractivity (Wildman–Crippen MR) is 68.6 cm³/mol. The van der Waals surface area contributed by atoms with E-state index in [9.17, 15) is 9.90 Å². The number of rotatable bonds is 4. The van der Waals surface area contributed by atoms with Crippen molar-refractivity contribution >= 4 is 11.7 Å². The highest BCUT2D eigenvalue weighted by atomic mass is 16.4. The first-order chi connectivity index (χ1) is 8.09. The van der Waals surface area contributed by atoms with Gasteiger partial charge < -0.3 is 10.4 Å². The molecular formula is C14H19NO2. The molecule has 2 N–H and O–H groups in total. The molecule has 1 aromatic carbocycles. The molecule has 1 fully saturated rings. The van der Waals surface area contributed by atoms with Gasteiger partial charge in [0.05, 0.1) is 11.3 Å². The molecule has 0 amide bonds. The number of nitrogens with one attached hydrogen (secondary N) is 1. The van der Waals surface area contributed by atoms with Crippen LogP contribution in [0.1, 0.15) is 42.1 Å². The number of carboxylic acids is 1. The lowest BCUT2D eigenvalue weighted by molar-refractivity contribution is 0.0697. The molecule has 0 aliphatic heterocycles. The third-order valence-corrected chi connectivity index (χ3v) is 3.73. The topological polar surface area (TPSA) is 49.3 Å². The molecule has 1 atom stereocenters. The van der Waals surface area contributed by atoms with E-state index in [-0.39, 0.29) is 0 Å². The molecular weight excluding hydrogens is 214 g/mol. The third-order valence-electron chi connectivity index (χ3n) is 3.73. The summed E-state index contributed by atoms with van der Waals surface area (Å²) in [5.74, 6) is -0.173. The van der Waals surface area contributed by atoms with Gasteiger partial charge >= 0.3 is 5.97 Å². The quantitative estimate of drug-likeness (QED) is 0.839. The Morgan fingerprint density at radius 3 is 2.71 bits per heavy atom. The lowest BCUT2D eigenvalue weighted by atomic mass is 9.80. The number of benzene rings is 1. The van der Waals surface area contributed by atoms with Crippen LogP contribution in [0.25, 0.3) is 0 Å². The van der Waals surface area contributed by atoms with Crippen LogP contribution in [-0.2, 0) is 0 Å². The first-order valence-electron chi connectivity index (χ1n) is 6.19. The maximum atomic E-state index is 11.2. The molecule has 0 saturated heterocycles. The first-order valence-corrected chi connectivity index (χ1v) is 6.19. The second-order valence-corrected chi connectivity index (χ2v) is 4.93. The van der Waals surface area contributed by atoms with Crippen molar-refractivity contribution in [1.82, 2.24) is 0 Å². The van der Waals surface area contributed by atoms with Crippen molar-refractivity contribution in [3.8, 4) is 0 Å². The van der Waals surface area contributed by atoms with E-state index < -0.39 is 5.97 Å². The zero-order chi connectivity index (χ0) is 12.4. The molecule has 92 valence electrons. The van der Waals surface area contributed by atoms with Crippen molar-refractivity contribution in [2.75, 3.05) is 5.32 Å². The Balaban J connectivity index is 2.21. The molecule has 0 heterocycles. The lowest BCUT2D eigenvalue weighted by Crippen LogP contribution is -2.31. The Kier molecular flexibility index (Phi) is 3.36. The average molecular weight is 233 g/mol. The Bertz CT molecular complexity index is 424. The van der Waals surface area contributed by atoms with Crippen LogP contribution in [0.15, 0.2) is 18.2 Å². The van der Waals surface area contributed by atoms with E-state index in [4.69, 9.17) is 0 Å². The van der Waals surface area contributed by atoms with Gasteiger partial charge in [-0.05, 0) is 44.2 Å². The van der Waals surface area contributed by atoms with Crippen molar-refractivity contribution in [3.05, 3.63) is 29.3 Å². The summed E-state index contributed by atoms with van der Waals surface area (Å²) < 4.78 is 0. The standard InChI is InChI=1S/C14H19NO2/c1-9-5-3-8-12(14(16)17)13(9)15-10(2)11-6-4-7-11/h3,5,8,10-11,15H,4,6-7H2,1-2H3,(H,16,17). The number of carbonyl (C=O) groups is 1. The predicted octanol–water partition coefficient (Wildman–Crippen LogP) is 3.29. The number of anilines is 1. The van der Waals surface area contributed by atoms with Crippen LogP contribution in [0.5, 0.6) is 0 Å². The maximum Gasteiger partial charge on any atom is 0.337 e. The highest BCUT2D eigenvalue weighted by Gasteiger charge is 2.25. The fourth-order valence-corrected chi connectivity index (χ4v) is 2.32. The molecule has 1 unspecified atom stereocenters. The number of aromatic carboxylic acids is 1. The normalized spacial score (nSPS) is 17.3. The SMILES string of the molecule is Cc1cccc(C(=O)O)c1NC(C)C1CCC1. The Hall–Kier alpha value is -1.51. The van der Waals surface area contributed by atoms with E-state index >= 15 is 0 Å². The summed E-state index contributed by atoms with van der Waals surface area (Å²) in [5.41, 5.74) is 2.15. The van der Waals surface area contributed by atoms with Gasteiger partial charge in [-0.2, -0.15) is 0 Å². The summed E-state index contributed by atoms with van der Waals surface area (Å²) in [6.07, 6.45) is 3.81. The molecule has 17 heavy (non-hydrogen) atoms. The minimum absolute atomic E-state index is 0.350. The number of hydrogen-bond donors (Lipinski definition) is 2. The van der Waals surface area contributed by atoms with Crippen LogP contribution >= 0.6 is 0 Å². The van der Waals surface area contributed by atoms with E-state index in [0.717, 1.165) is 11.3 Å². The van der Waals surface area contributed by atoms with Crippen molar-refractivity contribution in [2.45, 2.75) is 39.2 Å². The molecule has 0 radical (unpaired) electrons. The molecule has 1 aliphatic rings. The van der Waals surface area contributed by atoms with Crippen LogP contribution in [0, 0.1) is 12.8 Å². The Labute approximate surface area is 102 Å². The van der Waals surface area contributed by atoms with Gasteiger partial charge in [0.15, 0.2) is 0 Å². The van der Waals surface area contributed by atoms with Crippen molar-refractivity contribution < 1.29 is 9.90 Å². The zero-order valence-corrected chi connectivity index (χ0v) is 10.4. The molecule has 1 aliphatic carbocycles. The van der Waals surface area contributed by atoms with Gasteiger partial charge in [-0.15, -0.1) is 0 Å². The van der Waals surface area contributed by atoms with Crippen LogP contribution in [-0.4, -0.2) is 17.1 Å². The third kappa shape index (κ3) is 2.43. The second-order valence-electron chi connectivity index (χ2n) is 4.93. The van der Waals surface area contributed by atoms with Crippen molar-refractivity contribution in [2.24, 2.45) is 5.92 Å². The number of carboxylic acid groups (broad SMARTS) is 1. The van der Waals surface area contributed by atoms with Gasteiger partial charge in [0.1, 0.15) is 0 Å². The van der Waals surface area contributed by atoms with Gasteiger partial charge in [0.2, 0.25) is 0 Å². The Morgan fingerprint density at radius 2 is 2.18 bits per heavy atom. The fraction of sp³-hybridized carbons (Fsp3) is 0.500. The summed E-state index contributed by atoms with van der Waals surface area (Å²) in [5, 5.41) is 12.6. The van der Waals surface area contributed by atoms with Gasteiger partial charge in [-0.25, -0.2) is 4.79 Å². The largest absolute Gasteiger partial charge is 0.478 e. The van der Waals surface area contributed by atoms with Crippen LogP contribution < -0.4 is 5.32 Å². The van der Waals surface area contributed by atoms with Crippen LogP contribution in [0.2, 0.25) is 0 Å². The van der Waals surface area contributed by atoms with Gasteiger partial charge in [-0.3, -0.25) is 0 Å². The monoisotopic (exact) mass is 233 g/mol. The first kappa shape index (κ1) is 12.0. The summed E-state index contributed by atoms with van der Waals surface area (Å²) in [7, 11) is 0. The highest BCUT2D eigenvalue weighted by Crippen LogP contribution is 2.32. The van der Waals surface area contributed by atoms with Crippen LogP contribution in [0.4, 0.5) is 5.69 Å². The average Bonchev–Trinajstić information content (AvgIpc) is 2.17. The maximum absolute atomic E-state index is 11.2. The minimum atomic E-state index is -0.864. The van der Waals surface area contributed by atoms with E-state index in [2.05, 4.69) is 12.2 Å². The molecule has 1 saturated carbocycles. The van der Waals surface area contributed by atoms with Crippen LogP contribution in [0.3, 0.4) is 0 Å². The van der Waals surface area contributed by atoms with Gasteiger partial charge in [0.25, 0.3) is 0 Å². The van der Waals surface area contributed by atoms with Crippen molar-refractivity contribution in [3.63, 3.8) is 0 Å². The number of aryl methyl sites for hydroxylation is 1. The summed E-state index contributed by atoms with van der Waals surface area (Å²) in [6, 6.07) is 5.74. The smallest absolute Gasteiger partial charge is 0.337 e. The van der Waals surface area contributed by atoms with E-state index in [1.807, 2.05) is 13.0 Å². The molecule has 0 spiro atoms. The van der Waals surface area contributed by atoms with Gasteiger partial charge in [0, 0.05) is 6.04 Å². The minimum Gasteiger partial charge on any atom is -0.478 e. The van der Waals surface area contributed by atoms with Crippen molar-refractivity contribution in [1.29, 1.82) is 0 Å². The number of para-hydroxylation sites is 1. The number of hydrogen-bond acceptors (Lipinski definition) is 2. The second kappa shape index (κ2) is 4.78. The highest BCUT2D eigenvalue weighted by molar-refractivity contribution is 5.95. The van der Waals surface area contributed by atoms with Gasteiger partial charge in [-0.1, -0.05) is 18.6 Å². The summed E-state index contributed by atoms with van der Waals surface area (Å²) >= 11 is 0. The Morgan fingerprint density at radius 1 is 1.47 bits per heavy atom. The zero-order valence-electron chi connectivity index (χ0n) is 10.4. The summed E-state index contributed by atoms with van der Waals surface area (Å²) in [6.45, 7) is 4.09. The van der Waals surface area contributed by atoms with E-state index in [1.54, 1.807) is 12.1 Å². The lowest BCUT2D eigenvalue weighted by Gasteiger charge is -2.33. The molecule has 0 aromatic heterocycles.